The molecule has 0 radical (unpaired) electrons. The second-order valence-electron chi connectivity index (χ2n) is 23.8. The summed E-state index contributed by atoms with van der Waals surface area (Å²) in [5, 5.41) is 54.3. The quantitative estimate of drug-likeness (QED) is 0.0563. The van der Waals surface area contributed by atoms with Crippen LogP contribution in [0.1, 0.15) is 78.9 Å². The molecule has 0 aliphatic heterocycles. The van der Waals surface area contributed by atoms with Gasteiger partial charge in [-0.05, 0) is 112 Å². The molecule has 32 heteroatoms. The second kappa shape index (κ2) is 56.2. The number of hydrogen-bond acceptors (Lipinski definition) is 6. The van der Waals surface area contributed by atoms with Gasteiger partial charge >= 0.3 is 164 Å². The molecule has 2 N–H and O–H groups in total. The summed E-state index contributed by atoms with van der Waals surface area (Å²) in [6, 6.07) is 78.2. The van der Waals surface area contributed by atoms with Crippen LogP contribution in [0.3, 0.4) is 0 Å². The van der Waals surface area contributed by atoms with E-state index < -0.39 is 107 Å². The van der Waals surface area contributed by atoms with Crippen molar-refractivity contribution in [1.29, 1.82) is 0 Å². The molecule has 8 aromatic carbocycles. The zero-order chi connectivity index (χ0) is 82.9. The van der Waals surface area contributed by atoms with Gasteiger partial charge in [-0.2, -0.15) is 26.3 Å². The van der Waals surface area contributed by atoms with Crippen LogP contribution >= 0.6 is 68.1 Å². The van der Waals surface area contributed by atoms with Crippen LogP contribution in [-0.2, 0) is 148 Å². The van der Waals surface area contributed by atoms with Gasteiger partial charge in [-0.15, -0.1) is 45.5 Å². The first kappa shape index (κ1) is 98.4. The van der Waals surface area contributed by atoms with Crippen LogP contribution in [0, 0.1) is 27.7 Å². The van der Waals surface area contributed by atoms with Gasteiger partial charge in [-0.3, -0.25) is 19.9 Å². The number of phenols is 2. The number of phenolic OH excluding ortho intramolecular Hbond substituents is 2. The third-order valence-electron chi connectivity index (χ3n) is 14.9. The van der Waals surface area contributed by atoms with Gasteiger partial charge < -0.3 is 52.7 Å². The first-order chi connectivity index (χ1) is 54.8. The maximum atomic E-state index is 12.6. The van der Waals surface area contributed by atoms with E-state index in [1.54, 1.807) is 66.7 Å². The van der Waals surface area contributed by atoms with Crippen LogP contribution < -0.4 is 0 Å². The third kappa shape index (κ3) is 42.3. The van der Waals surface area contributed by atoms with Crippen molar-refractivity contribution in [2.45, 2.75) is 92.4 Å². The number of aryl methyl sites for hydroxylation is 4. The van der Waals surface area contributed by atoms with E-state index in [0.717, 1.165) is 92.6 Å². The first-order valence-corrected chi connectivity index (χ1v) is 59.4. The SMILES string of the molecule is Cc1cc(C[N-]c2ccccc2)nc(C[N-]c2ccccc2)c1.Cc1ccc([N-]Cc2cc(C)cc(C[N-]c3ccc(C)cc3)n2)cc1.FC(F)(F)c1ccc([N-]Cc2cccc(C[N-]c3ccc(C(F)(F)F)cc3)n2)cc1.Oc1ccc([N-]Cc2cccc(C[N-]c3ccc(O)cc3)n2)cc1.[Cl][Zr+2][Cl].[Cl][Zr+2][Cl].[Cl][Zr+2][Cl].[Cl][Zr+2][Cl]. The van der Waals surface area contributed by atoms with Gasteiger partial charge in [0.15, 0.2) is 0 Å². The monoisotopic (exact) mass is 2010 g/mol. The molecule has 0 saturated heterocycles. The minimum absolute atomic E-state index is 0.166. The molecule has 0 fully saturated rings. The van der Waals surface area contributed by atoms with Crippen molar-refractivity contribution in [1.82, 2.24) is 19.9 Å². The number of pyridine rings is 4. The summed E-state index contributed by atoms with van der Waals surface area (Å²) < 4.78 is 75.5. The van der Waals surface area contributed by atoms with E-state index in [-0.39, 0.29) is 24.6 Å². The van der Waals surface area contributed by atoms with Crippen LogP contribution in [0.4, 0.5) is 71.8 Å². The Labute approximate surface area is 737 Å². The summed E-state index contributed by atoms with van der Waals surface area (Å²) in [5.41, 5.74) is 16.5. The van der Waals surface area contributed by atoms with E-state index in [9.17, 15) is 36.6 Å². The number of para-hydroxylation sites is 2. The van der Waals surface area contributed by atoms with Crippen LogP contribution in [0.5, 0.6) is 11.5 Å². The molecule has 0 aliphatic carbocycles. The van der Waals surface area contributed by atoms with E-state index in [2.05, 4.69) is 134 Å². The van der Waals surface area contributed by atoms with E-state index >= 15 is 0 Å². The second-order valence-corrected chi connectivity index (χ2v) is 38.7. The van der Waals surface area contributed by atoms with Crippen molar-refractivity contribution in [3.63, 3.8) is 0 Å². The summed E-state index contributed by atoms with van der Waals surface area (Å²) >= 11 is -3.30. The predicted molar refractivity (Wildman–Crippen MR) is 441 cm³/mol. The maximum absolute atomic E-state index is 12.6. The molecule has 4 aromatic heterocycles. The number of halogens is 14. The number of benzene rings is 8. The molecular formula is C82H74Cl8F6N12O2Zr4. The van der Waals surface area contributed by atoms with Crippen molar-refractivity contribution in [3.8, 4) is 11.5 Å². The van der Waals surface area contributed by atoms with E-state index in [1.807, 2.05) is 103 Å². The molecule has 0 aliphatic rings. The van der Waals surface area contributed by atoms with E-state index in [4.69, 9.17) is 73.1 Å². The fourth-order valence-electron chi connectivity index (χ4n) is 9.74. The molecule has 12 aromatic rings. The zero-order valence-electron chi connectivity index (χ0n) is 61.6. The molecule has 0 spiro atoms. The van der Waals surface area contributed by atoms with Gasteiger partial charge in [0.1, 0.15) is 11.5 Å². The Hall–Kier alpha value is -6.21. The Balaban J connectivity index is 0.000000260. The Morgan fingerprint density at radius 3 is 0.649 bits per heavy atom. The molecule has 114 heavy (non-hydrogen) atoms. The summed E-state index contributed by atoms with van der Waals surface area (Å²) in [6.07, 6.45) is -8.80. The van der Waals surface area contributed by atoms with Crippen LogP contribution in [0.2, 0.25) is 0 Å². The Bertz CT molecular complexity index is 4340. The number of aromatic nitrogens is 4. The van der Waals surface area contributed by atoms with Gasteiger partial charge in [-0.25, -0.2) is 0 Å². The average Bonchev–Trinajstić information content (AvgIpc) is 0.863. The van der Waals surface area contributed by atoms with Crippen LogP contribution in [-0.4, -0.2) is 30.1 Å². The zero-order valence-corrected chi connectivity index (χ0v) is 77.5. The fraction of sp³-hybridized carbons (Fsp3) is 0.171. The summed E-state index contributed by atoms with van der Waals surface area (Å²) in [7, 11) is 39.5. The molecule has 0 atom stereocenters. The number of alkyl halides is 6. The van der Waals surface area contributed by atoms with Crippen molar-refractivity contribution in [2.75, 3.05) is 0 Å². The minimum atomic E-state index is -4.40. The molecule has 588 valence electrons. The standard InChI is InChI=1S/C22H23N3.C21H15F6N3.C20H19N3.C19H17N3O2.8ClH.4Zr/c1-16-4-8-19(9-5-16)23-14-21-12-18(3)13-22(25-21)15-24-20-10-6-17(2)7-11-20;22-20(23,24)14-4-8-16(9-5-14)28-12-18-2-1-3-19(30-18)13-29-17-10-6-15(7-11-17)21(25,26)27;1-16-12-19(14-21-17-8-4-2-5-9-17)23-20(13-16)15-22-18-10-6-3-7-11-18;23-18-8-4-14(5-9-18)20-12-16-2-1-3-17(22-16)13-21-15-6-10-19(24)11-7-15;;;;;;;;;;;;/h4-13H,14-15H2,1-3H3;1-11H,12-13H2;2-13H,14-15H2,1H3;1-11,23-24H,12-13H2;8*1H;;;;/q4*-2;;;;;;;;;4*+4/p-8. The predicted octanol–water partition coefficient (Wildman–Crippen LogP) is 30.2. The Morgan fingerprint density at radius 1 is 0.246 bits per heavy atom. The van der Waals surface area contributed by atoms with Gasteiger partial charge in [0.05, 0.1) is 11.1 Å². The number of hydrogen-bond donors (Lipinski definition) is 2. The van der Waals surface area contributed by atoms with Crippen LogP contribution in [0.15, 0.2) is 267 Å². The van der Waals surface area contributed by atoms with Gasteiger partial charge in [-0.1, -0.05) is 258 Å². The molecule has 0 amide bonds. The molecule has 0 bridgehead atoms. The van der Waals surface area contributed by atoms with Gasteiger partial charge in [0.2, 0.25) is 0 Å². The van der Waals surface area contributed by atoms with Gasteiger partial charge in [0.25, 0.3) is 0 Å². The van der Waals surface area contributed by atoms with Crippen molar-refractivity contribution >= 4 is 114 Å². The summed E-state index contributed by atoms with van der Waals surface area (Å²) in [6.45, 7) is 11.9. The Morgan fingerprint density at radius 2 is 0.430 bits per heavy atom. The average molecular weight is 2020 g/mol. The van der Waals surface area contributed by atoms with Crippen LogP contribution in [0.25, 0.3) is 42.5 Å². The number of nitrogens with zero attached hydrogens (tertiary/aromatic N) is 12. The van der Waals surface area contributed by atoms with Crippen molar-refractivity contribution in [3.05, 3.63) is 388 Å². The van der Waals surface area contributed by atoms with E-state index in [0.29, 0.717) is 62.0 Å². The van der Waals surface area contributed by atoms with Crippen molar-refractivity contribution < 1.29 is 120 Å². The third-order valence-corrected chi connectivity index (χ3v) is 14.9. The van der Waals surface area contributed by atoms with Crippen molar-refractivity contribution in [2.24, 2.45) is 0 Å². The fourth-order valence-corrected chi connectivity index (χ4v) is 9.74. The van der Waals surface area contributed by atoms with E-state index in [1.165, 1.54) is 46.5 Å². The number of aromatic hydroxyl groups is 2. The van der Waals surface area contributed by atoms with Gasteiger partial charge in [0, 0.05) is 45.6 Å². The number of rotatable bonds is 24. The topological polar surface area (TPSA) is 205 Å². The molecule has 14 nitrogen and oxygen atoms in total. The summed E-state index contributed by atoms with van der Waals surface area (Å²) in [5.74, 6) is 0.454. The molecule has 0 saturated carbocycles. The molecule has 12 rings (SSSR count). The first-order valence-electron chi connectivity index (χ1n) is 34.1. The molecule has 0 unspecified atom stereocenters. The molecular weight excluding hydrogens is 1950 g/mol. The molecule has 4 heterocycles. The summed E-state index contributed by atoms with van der Waals surface area (Å²) in [4.78, 5) is 18.3. The normalized spacial score (nSPS) is 10.1. The Kier molecular flexibility index (Phi) is 48.5.